The van der Waals surface area contributed by atoms with E-state index in [0.29, 0.717) is 30.1 Å². The van der Waals surface area contributed by atoms with E-state index in [9.17, 15) is 14.4 Å². The first-order chi connectivity index (χ1) is 31.3. The van der Waals surface area contributed by atoms with Gasteiger partial charge in [0, 0.05) is 91.2 Å². The number of carbonyl (C=O) groups excluding carboxylic acids is 3. The summed E-state index contributed by atoms with van der Waals surface area (Å²) in [6.07, 6.45) is 8.03. The fourth-order valence-electron chi connectivity index (χ4n) is 10.6. The molecule has 338 valence electrons. The van der Waals surface area contributed by atoms with Gasteiger partial charge in [0.25, 0.3) is 0 Å². The molecule has 0 saturated carbocycles. The largest absolute Gasteiger partial charge is 0.372 e. The van der Waals surface area contributed by atoms with E-state index in [1.54, 1.807) is 11.2 Å². The standard InChI is InChI=1S/C50H59N11O4/c1-31-26-34(6-12-38(31)32(2)53-45(63)46-56-47(57-65-46)49(3,4)5)43-42-39-13-11-37(27-40(39)54-44(42)52-30-51-43)60-24-18-50(19-25-60)17-23-58(29-50)28-33-14-20-59(21-15-33)35-7-9-36(10-8-35)61-22-16-41(62)55-48(61)64/h6-13,26-27,30,32-33H,14-25,28-29H2,1-5H3,(H,53,63)(H,51,52,54)(H,55,62,64)/t32-/m1/s1. The molecular formula is C50H59N11O4. The number of urea groups is 1. The quantitative estimate of drug-likeness (QED) is 0.129. The second kappa shape index (κ2) is 16.9. The number of nitrogens with zero attached hydrogens (tertiary/aromatic N) is 8. The minimum atomic E-state index is -0.400. The van der Waals surface area contributed by atoms with Gasteiger partial charge in [-0.2, -0.15) is 4.98 Å². The van der Waals surface area contributed by atoms with Crippen LogP contribution in [0.25, 0.3) is 33.2 Å². The van der Waals surface area contributed by atoms with Gasteiger partial charge in [-0.05, 0) is 117 Å². The number of benzene rings is 3. The lowest BCUT2D eigenvalue weighted by Gasteiger charge is -2.41. The molecule has 0 unspecified atom stereocenters. The van der Waals surface area contributed by atoms with Gasteiger partial charge in [-0.3, -0.25) is 19.8 Å². The van der Waals surface area contributed by atoms with Gasteiger partial charge in [-0.25, -0.2) is 14.8 Å². The fourth-order valence-corrected chi connectivity index (χ4v) is 10.6. The van der Waals surface area contributed by atoms with Gasteiger partial charge in [0.1, 0.15) is 12.0 Å². The van der Waals surface area contributed by atoms with Crippen LogP contribution < -0.4 is 25.3 Å². The number of hydrogen-bond acceptors (Lipinski definition) is 11. The van der Waals surface area contributed by atoms with Crippen LogP contribution in [-0.2, 0) is 10.2 Å². The van der Waals surface area contributed by atoms with Crippen molar-refractivity contribution in [2.24, 2.45) is 11.3 Å². The Bertz CT molecular complexity index is 2760. The van der Waals surface area contributed by atoms with Gasteiger partial charge >= 0.3 is 17.8 Å². The van der Waals surface area contributed by atoms with Crippen molar-refractivity contribution in [1.29, 1.82) is 0 Å². The molecule has 15 heteroatoms. The van der Waals surface area contributed by atoms with Crippen molar-refractivity contribution in [1.82, 2.24) is 40.6 Å². The first kappa shape index (κ1) is 42.6. The van der Waals surface area contributed by atoms with Crippen molar-refractivity contribution >= 4 is 56.8 Å². The Balaban J connectivity index is 0.735. The lowest BCUT2D eigenvalue weighted by atomic mass is 9.77. The summed E-state index contributed by atoms with van der Waals surface area (Å²) in [4.78, 5) is 63.6. The fraction of sp³-hybridized carbons (Fsp3) is 0.460. The first-order valence-corrected chi connectivity index (χ1v) is 23.3. The molecule has 1 spiro atoms. The SMILES string of the molecule is Cc1cc(-c2ncnc3[nH]c4cc(N5CCC6(CCN(CC7CCN(c8ccc(N9CCC(=O)NC9=O)cc8)CC7)C6)CC5)ccc4c23)ccc1[C@@H](C)NC(=O)c1nc(C(C)(C)C)no1. The molecule has 65 heavy (non-hydrogen) atoms. The van der Waals surface area contributed by atoms with Crippen LogP contribution in [0.15, 0.2) is 71.5 Å². The molecule has 0 radical (unpaired) electrons. The smallest absolute Gasteiger partial charge is 0.328 e. The van der Waals surface area contributed by atoms with Gasteiger partial charge in [-0.15, -0.1) is 0 Å². The molecule has 3 aromatic heterocycles. The number of piperidine rings is 2. The average Bonchev–Trinajstić information content (AvgIpc) is 4.05. The number of aryl methyl sites for hydroxylation is 1. The van der Waals surface area contributed by atoms with Crippen LogP contribution >= 0.6 is 0 Å². The number of anilines is 3. The second-order valence-electron chi connectivity index (χ2n) is 19.9. The summed E-state index contributed by atoms with van der Waals surface area (Å²) >= 11 is 0. The van der Waals surface area contributed by atoms with E-state index in [0.717, 1.165) is 76.2 Å². The average molecular weight is 878 g/mol. The molecule has 4 aliphatic heterocycles. The van der Waals surface area contributed by atoms with Crippen molar-refractivity contribution in [3.05, 3.63) is 89.8 Å². The number of amides is 4. The van der Waals surface area contributed by atoms with Crippen molar-refractivity contribution in [3.63, 3.8) is 0 Å². The molecule has 3 N–H and O–H groups in total. The van der Waals surface area contributed by atoms with Crippen LogP contribution in [0, 0.1) is 18.3 Å². The molecule has 10 rings (SSSR count). The van der Waals surface area contributed by atoms with Crippen LogP contribution in [-0.4, -0.2) is 100 Å². The third kappa shape index (κ3) is 8.53. The molecule has 4 amide bonds. The van der Waals surface area contributed by atoms with Gasteiger partial charge in [0.2, 0.25) is 5.91 Å². The predicted octanol–water partition coefficient (Wildman–Crippen LogP) is 7.91. The number of aromatic nitrogens is 5. The van der Waals surface area contributed by atoms with Crippen LogP contribution in [0.4, 0.5) is 21.9 Å². The molecule has 0 aliphatic carbocycles. The molecule has 1 atom stereocenters. The predicted molar refractivity (Wildman–Crippen MR) is 252 cm³/mol. The highest BCUT2D eigenvalue weighted by atomic mass is 16.5. The topological polar surface area (TPSA) is 169 Å². The summed E-state index contributed by atoms with van der Waals surface area (Å²) in [7, 11) is 0. The molecule has 4 saturated heterocycles. The number of imide groups is 1. The molecule has 4 fully saturated rings. The first-order valence-electron chi connectivity index (χ1n) is 23.3. The molecule has 7 heterocycles. The maximum atomic E-state index is 13.0. The minimum absolute atomic E-state index is 0.0398. The van der Waals surface area contributed by atoms with E-state index in [1.807, 2.05) is 39.8 Å². The van der Waals surface area contributed by atoms with E-state index < -0.39 is 5.91 Å². The second-order valence-corrected chi connectivity index (χ2v) is 19.9. The Morgan fingerprint density at radius 1 is 0.892 bits per heavy atom. The van der Waals surface area contributed by atoms with Crippen LogP contribution in [0.1, 0.15) is 99.9 Å². The van der Waals surface area contributed by atoms with Crippen molar-refractivity contribution in [2.75, 3.05) is 67.1 Å². The Hall–Kier alpha value is -6.35. The Morgan fingerprint density at radius 2 is 1.62 bits per heavy atom. The number of aromatic amines is 1. The van der Waals surface area contributed by atoms with E-state index in [2.05, 4.69) is 101 Å². The monoisotopic (exact) mass is 877 g/mol. The van der Waals surface area contributed by atoms with Crippen LogP contribution in [0.2, 0.25) is 0 Å². The maximum absolute atomic E-state index is 13.0. The highest BCUT2D eigenvalue weighted by molar-refractivity contribution is 6.12. The van der Waals surface area contributed by atoms with Crippen LogP contribution in [0.5, 0.6) is 0 Å². The van der Waals surface area contributed by atoms with Crippen LogP contribution in [0.3, 0.4) is 0 Å². The van der Waals surface area contributed by atoms with E-state index in [4.69, 9.17) is 9.51 Å². The number of H-pyrrole nitrogens is 1. The van der Waals surface area contributed by atoms with E-state index in [-0.39, 0.29) is 29.3 Å². The zero-order valence-corrected chi connectivity index (χ0v) is 38.1. The lowest BCUT2D eigenvalue weighted by molar-refractivity contribution is -0.120. The van der Waals surface area contributed by atoms with Gasteiger partial charge in [-0.1, -0.05) is 44.1 Å². The van der Waals surface area contributed by atoms with Gasteiger partial charge < -0.3 is 29.5 Å². The number of rotatable bonds is 9. The third-order valence-corrected chi connectivity index (χ3v) is 14.4. The molecular weight excluding hydrogens is 819 g/mol. The van der Waals surface area contributed by atoms with Crippen molar-refractivity contribution < 1.29 is 18.9 Å². The van der Waals surface area contributed by atoms with Crippen molar-refractivity contribution in [2.45, 2.75) is 84.6 Å². The van der Waals surface area contributed by atoms with E-state index >= 15 is 0 Å². The number of likely N-dealkylation sites (tertiary alicyclic amines) is 1. The summed E-state index contributed by atoms with van der Waals surface area (Å²) in [5.41, 5.74) is 9.09. The highest BCUT2D eigenvalue weighted by Gasteiger charge is 2.41. The Morgan fingerprint density at radius 3 is 2.34 bits per heavy atom. The third-order valence-electron chi connectivity index (χ3n) is 14.4. The molecule has 4 aliphatic rings. The normalized spacial score (nSPS) is 19.1. The molecule has 6 aromatic rings. The summed E-state index contributed by atoms with van der Waals surface area (Å²) in [5.74, 6) is 0.551. The minimum Gasteiger partial charge on any atom is -0.372 e. The summed E-state index contributed by atoms with van der Waals surface area (Å²) < 4.78 is 5.27. The lowest BCUT2D eigenvalue weighted by Crippen LogP contribution is -2.49. The highest BCUT2D eigenvalue weighted by Crippen LogP contribution is 2.43. The number of carbonyl (C=O) groups is 3. The zero-order valence-electron chi connectivity index (χ0n) is 38.1. The number of hydrogen-bond donors (Lipinski definition) is 3. The summed E-state index contributed by atoms with van der Waals surface area (Å²) in [6.45, 7) is 18.1. The number of nitrogens with one attached hydrogen (secondary N) is 3. The zero-order chi connectivity index (χ0) is 45.0. The molecule has 3 aromatic carbocycles. The van der Waals surface area contributed by atoms with Gasteiger partial charge in [0.15, 0.2) is 5.82 Å². The van der Waals surface area contributed by atoms with E-state index in [1.165, 1.54) is 63.1 Å². The molecule has 15 nitrogen and oxygen atoms in total. The maximum Gasteiger partial charge on any atom is 0.328 e. The number of fused-ring (bicyclic) bond motifs is 3. The Labute approximate surface area is 379 Å². The molecule has 0 bridgehead atoms. The summed E-state index contributed by atoms with van der Waals surface area (Å²) in [6, 6.07) is 20.6. The summed E-state index contributed by atoms with van der Waals surface area (Å²) in [5, 5.41) is 11.5. The Kier molecular flexibility index (Phi) is 11.1. The van der Waals surface area contributed by atoms with Gasteiger partial charge in [0.05, 0.1) is 17.1 Å². The van der Waals surface area contributed by atoms with Crippen molar-refractivity contribution in [3.8, 4) is 11.3 Å².